The number of nitriles is 1. The van der Waals surface area contributed by atoms with Crippen LogP contribution in [-0.2, 0) is 25.9 Å². The summed E-state index contributed by atoms with van der Waals surface area (Å²) in [5.74, 6) is 2.79. The average molecular weight is 605 g/mol. The zero-order valence-electron chi connectivity index (χ0n) is 27.0. The van der Waals surface area contributed by atoms with Gasteiger partial charge in [0, 0.05) is 24.4 Å². The number of rotatable bonds is 10. The second-order valence-electron chi connectivity index (χ2n) is 14.4. The minimum absolute atomic E-state index is 0.202. The van der Waals surface area contributed by atoms with Crippen LogP contribution in [0.15, 0.2) is 55.2 Å². The first kappa shape index (κ1) is 31.1. The Morgan fingerprint density at radius 2 is 1.82 bits per heavy atom. The summed E-state index contributed by atoms with van der Waals surface area (Å²) in [6.45, 7) is 15.1. The molecule has 7 heteroatoms. The molecule has 2 fully saturated rings. The van der Waals surface area contributed by atoms with Crippen molar-refractivity contribution in [1.29, 1.82) is 5.26 Å². The van der Waals surface area contributed by atoms with Gasteiger partial charge >= 0.3 is 0 Å². The van der Waals surface area contributed by atoms with Crippen LogP contribution < -0.4 is 0 Å². The summed E-state index contributed by atoms with van der Waals surface area (Å²) in [5.41, 5.74) is 6.82. The molecule has 6 rings (SSSR count). The Hall–Kier alpha value is -3.89. The monoisotopic (exact) mass is 604 g/mol. The SMILES string of the molecule is C=C(CC(C)(C)C)c1ccc2nc(CN3CCC(c4nccc(CCc5ccc(C#N)cc5F)n4)CC3)n(CC3CCC3)c2c1. The van der Waals surface area contributed by atoms with E-state index in [4.69, 9.17) is 15.2 Å². The molecule has 2 aliphatic rings. The molecule has 0 bridgehead atoms. The van der Waals surface area contributed by atoms with Gasteiger partial charge in [0.1, 0.15) is 17.5 Å². The Kier molecular flexibility index (Phi) is 9.14. The molecule has 1 aliphatic heterocycles. The van der Waals surface area contributed by atoms with Crippen LogP contribution in [0.4, 0.5) is 4.39 Å². The van der Waals surface area contributed by atoms with Crippen molar-refractivity contribution in [3.63, 3.8) is 0 Å². The number of fused-ring (bicyclic) bond motifs is 1. The van der Waals surface area contributed by atoms with Crippen LogP contribution in [0.5, 0.6) is 0 Å². The molecule has 2 aromatic carbocycles. The Morgan fingerprint density at radius 1 is 1.02 bits per heavy atom. The molecule has 0 amide bonds. The Morgan fingerprint density at radius 3 is 2.51 bits per heavy atom. The predicted octanol–water partition coefficient (Wildman–Crippen LogP) is 8.25. The lowest BCUT2D eigenvalue weighted by molar-refractivity contribution is 0.192. The summed E-state index contributed by atoms with van der Waals surface area (Å²) in [7, 11) is 0. The molecule has 45 heavy (non-hydrogen) atoms. The van der Waals surface area contributed by atoms with E-state index in [1.165, 1.54) is 47.8 Å². The fourth-order valence-electron chi connectivity index (χ4n) is 6.77. The van der Waals surface area contributed by atoms with E-state index in [-0.39, 0.29) is 11.2 Å². The molecule has 0 atom stereocenters. The van der Waals surface area contributed by atoms with Crippen molar-refractivity contribution < 1.29 is 4.39 Å². The lowest BCUT2D eigenvalue weighted by atomic mass is 9.85. The van der Waals surface area contributed by atoms with Gasteiger partial charge in [0.25, 0.3) is 0 Å². The molecule has 3 heterocycles. The van der Waals surface area contributed by atoms with Crippen molar-refractivity contribution >= 4 is 16.6 Å². The normalized spacial score (nSPS) is 16.5. The van der Waals surface area contributed by atoms with Crippen molar-refractivity contribution in [3.05, 3.63) is 95.1 Å². The van der Waals surface area contributed by atoms with Crippen LogP contribution in [0.25, 0.3) is 16.6 Å². The number of allylic oxidation sites excluding steroid dienone is 1. The molecular weight excluding hydrogens is 559 g/mol. The highest BCUT2D eigenvalue weighted by atomic mass is 19.1. The highest BCUT2D eigenvalue weighted by Gasteiger charge is 2.26. The molecule has 0 N–H and O–H groups in total. The number of aryl methyl sites for hydroxylation is 2. The van der Waals surface area contributed by atoms with Gasteiger partial charge in [-0.15, -0.1) is 0 Å². The first-order chi connectivity index (χ1) is 21.6. The van der Waals surface area contributed by atoms with Gasteiger partial charge in [-0.3, -0.25) is 4.90 Å². The smallest absolute Gasteiger partial charge is 0.131 e. The van der Waals surface area contributed by atoms with E-state index in [2.05, 4.69) is 60.0 Å². The number of aromatic nitrogens is 4. The van der Waals surface area contributed by atoms with Crippen LogP contribution >= 0.6 is 0 Å². The first-order valence-corrected chi connectivity index (χ1v) is 16.6. The van der Waals surface area contributed by atoms with Crippen molar-refractivity contribution in [2.45, 2.75) is 91.1 Å². The van der Waals surface area contributed by atoms with Crippen molar-refractivity contribution in [1.82, 2.24) is 24.4 Å². The number of hydrogen-bond acceptors (Lipinski definition) is 5. The molecule has 234 valence electrons. The standard InChI is InChI=1S/C38H45FN6/c1-26(22-38(2,3)4)31-11-13-34-35(21-31)45(24-27-6-5-7-27)36(43-34)25-44-18-15-30(16-19-44)37-41-17-14-32(42-37)12-10-29-9-8-28(23-40)20-33(29)39/h8-9,11,13-14,17,20-21,27,30H,1,5-7,10,12,15-16,18-19,22,24-25H2,2-4H3. The fraction of sp³-hybridized carbons (Fsp3) is 0.474. The number of piperidine rings is 1. The maximum absolute atomic E-state index is 14.4. The van der Waals surface area contributed by atoms with Crippen LogP contribution in [0, 0.1) is 28.5 Å². The van der Waals surface area contributed by atoms with Crippen LogP contribution in [0.1, 0.15) is 99.2 Å². The van der Waals surface area contributed by atoms with E-state index < -0.39 is 0 Å². The van der Waals surface area contributed by atoms with Gasteiger partial charge in [-0.05, 0) is 116 Å². The highest BCUT2D eigenvalue weighted by molar-refractivity contribution is 5.81. The van der Waals surface area contributed by atoms with Gasteiger partial charge in [-0.2, -0.15) is 5.26 Å². The second kappa shape index (κ2) is 13.2. The fourth-order valence-corrected chi connectivity index (χ4v) is 6.77. The maximum atomic E-state index is 14.4. The third-order valence-electron chi connectivity index (χ3n) is 9.53. The van der Waals surface area contributed by atoms with E-state index in [1.807, 2.05) is 18.3 Å². The Bertz CT molecular complexity index is 1710. The topological polar surface area (TPSA) is 70.6 Å². The second-order valence-corrected chi connectivity index (χ2v) is 14.4. The largest absolute Gasteiger partial charge is 0.327 e. The third kappa shape index (κ3) is 7.50. The lowest BCUT2D eigenvalue weighted by Crippen LogP contribution is -2.34. The molecule has 4 aromatic rings. The molecule has 0 unspecified atom stereocenters. The van der Waals surface area contributed by atoms with Crippen LogP contribution in [0.3, 0.4) is 0 Å². The highest BCUT2D eigenvalue weighted by Crippen LogP contribution is 2.34. The van der Waals surface area contributed by atoms with E-state index in [9.17, 15) is 4.39 Å². The van der Waals surface area contributed by atoms with E-state index in [0.29, 0.717) is 29.9 Å². The summed E-state index contributed by atoms with van der Waals surface area (Å²) in [6.07, 6.45) is 9.96. The first-order valence-electron chi connectivity index (χ1n) is 16.6. The van der Waals surface area contributed by atoms with Crippen molar-refractivity contribution in [3.8, 4) is 6.07 Å². The lowest BCUT2D eigenvalue weighted by Gasteiger charge is -2.32. The minimum atomic E-state index is -0.330. The summed E-state index contributed by atoms with van der Waals surface area (Å²) in [5, 5.41) is 9.00. The van der Waals surface area contributed by atoms with Gasteiger partial charge in [-0.25, -0.2) is 19.3 Å². The quantitative estimate of drug-likeness (QED) is 0.182. The minimum Gasteiger partial charge on any atom is -0.327 e. The number of hydrogen-bond donors (Lipinski definition) is 0. The Balaban J connectivity index is 1.11. The zero-order valence-corrected chi connectivity index (χ0v) is 27.0. The van der Waals surface area contributed by atoms with Gasteiger partial charge in [0.2, 0.25) is 0 Å². The number of halogens is 1. The molecular formula is C38H45FN6. The molecule has 2 aromatic heterocycles. The van der Waals surface area contributed by atoms with E-state index >= 15 is 0 Å². The number of benzene rings is 2. The third-order valence-corrected chi connectivity index (χ3v) is 9.53. The molecule has 6 nitrogen and oxygen atoms in total. The molecule has 0 spiro atoms. The van der Waals surface area contributed by atoms with Gasteiger partial charge in [-0.1, -0.05) is 45.9 Å². The predicted molar refractivity (Wildman–Crippen MR) is 178 cm³/mol. The molecule has 0 radical (unpaired) electrons. The maximum Gasteiger partial charge on any atom is 0.131 e. The summed E-state index contributed by atoms with van der Waals surface area (Å²) >= 11 is 0. The number of imidazole rings is 1. The zero-order chi connectivity index (χ0) is 31.6. The van der Waals surface area contributed by atoms with E-state index in [0.717, 1.165) is 68.4 Å². The average Bonchev–Trinajstić information content (AvgIpc) is 3.33. The summed E-state index contributed by atoms with van der Waals surface area (Å²) < 4.78 is 16.9. The number of likely N-dealkylation sites (tertiary alicyclic amines) is 1. The van der Waals surface area contributed by atoms with Gasteiger partial charge in [0.15, 0.2) is 0 Å². The van der Waals surface area contributed by atoms with Crippen LogP contribution in [-0.4, -0.2) is 37.5 Å². The molecule has 1 saturated carbocycles. The van der Waals surface area contributed by atoms with Gasteiger partial charge in [0.05, 0.1) is 29.2 Å². The molecule has 1 saturated heterocycles. The van der Waals surface area contributed by atoms with Crippen molar-refractivity contribution in [2.75, 3.05) is 13.1 Å². The van der Waals surface area contributed by atoms with Gasteiger partial charge < -0.3 is 4.57 Å². The van der Waals surface area contributed by atoms with E-state index in [1.54, 1.807) is 12.1 Å². The summed E-state index contributed by atoms with van der Waals surface area (Å²) in [4.78, 5) is 17.2. The van der Waals surface area contributed by atoms with Crippen LogP contribution in [0.2, 0.25) is 0 Å². The summed E-state index contributed by atoms with van der Waals surface area (Å²) in [6, 6.07) is 15.3. The number of nitrogens with zero attached hydrogens (tertiary/aromatic N) is 6. The van der Waals surface area contributed by atoms with Crippen molar-refractivity contribution in [2.24, 2.45) is 11.3 Å². The molecule has 1 aliphatic carbocycles. The Labute approximate surface area is 267 Å².